The number of hydrogen-bond acceptors (Lipinski definition) is 0. The summed E-state index contributed by atoms with van der Waals surface area (Å²) < 4.78 is 221. The molecule has 0 radical (unpaired) electrons. The van der Waals surface area contributed by atoms with Crippen molar-refractivity contribution < 1.29 is 73.6 Å². The van der Waals surface area contributed by atoms with Gasteiger partial charge in [0.2, 0.25) is 10.8 Å². The third-order valence-corrected chi connectivity index (χ3v) is 7.34. The second-order valence-electron chi connectivity index (χ2n) is 5.55. The highest BCUT2D eigenvalue weighted by molar-refractivity contribution is 8.26. The van der Waals surface area contributed by atoms with Gasteiger partial charge in [0.1, 0.15) is 0 Å². The molecule has 22 heteroatoms. The molecule has 0 aromatic carbocycles. The Kier molecular flexibility index (Phi) is 8.24. The quantitative estimate of drug-likeness (QED) is 0.141. The van der Waals surface area contributed by atoms with E-state index >= 15 is 0 Å². The van der Waals surface area contributed by atoms with E-state index in [2.05, 4.69) is 0 Å². The van der Waals surface area contributed by atoms with E-state index in [1.807, 2.05) is 0 Å². The van der Waals surface area contributed by atoms with Gasteiger partial charge in [0.15, 0.2) is 0 Å². The van der Waals surface area contributed by atoms with Crippen molar-refractivity contribution in [2.75, 3.05) is 0 Å². The molecule has 0 heterocycles. The minimum Gasteiger partial charge on any atom is -0.200 e. The van der Waals surface area contributed by atoms with Crippen molar-refractivity contribution in [1.82, 2.24) is 0 Å². The standard InChI is InChI=1S/C9H4Cl3F17SSi/c10-31(11,12)2-1-3(13,14)4(15,16)5(17,18)6(19,20)7(21,22)8(23,24)30(28,29)9(25,26)27/h1-2H2. The van der Waals surface area contributed by atoms with Gasteiger partial charge in [-0.25, -0.2) is 0 Å². The van der Waals surface area contributed by atoms with E-state index in [0.717, 1.165) is 0 Å². The first-order valence-corrected chi connectivity index (χ1v) is 13.3. The van der Waals surface area contributed by atoms with Crippen LogP contribution in [0.15, 0.2) is 0 Å². The van der Waals surface area contributed by atoms with Crippen LogP contribution >= 0.6 is 44.0 Å². The average Bonchev–Trinajstić information content (AvgIpc) is 2.50. The molecule has 0 bridgehead atoms. The lowest BCUT2D eigenvalue weighted by Gasteiger charge is -2.43. The highest BCUT2D eigenvalue weighted by Crippen LogP contribution is 2.79. The van der Waals surface area contributed by atoms with Gasteiger partial charge in [-0.2, -0.15) is 65.9 Å². The fourth-order valence-electron chi connectivity index (χ4n) is 1.57. The van der Waals surface area contributed by atoms with Gasteiger partial charge >= 0.3 is 46.4 Å². The third kappa shape index (κ3) is 4.89. The number of alkyl halides is 15. The first-order valence-electron chi connectivity index (χ1n) is 6.58. The minimum atomic E-state index is -9.26. The van der Waals surface area contributed by atoms with Crippen LogP contribution in [0.3, 0.4) is 0 Å². The molecule has 0 N–H and O–H groups in total. The first-order chi connectivity index (χ1) is 13.0. The predicted octanol–water partition coefficient (Wildman–Crippen LogP) is 8.89. The molecule has 0 aliphatic heterocycles. The van der Waals surface area contributed by atoms with Crippen molar-refractivity contribution in [1.29, 1.82) is 0 Å². The van der Waals surface area contributed by atoms with E-state index in [0.29, 0.717) is 0 Å². The largest absolute Gasteiger partial charge is 0.484 e. The molecule has 0 spiro atoms. The Morgan fingerprint density at radius 3 is 1.16 bits per heavy atom. The van der Waals surface area contributed by atoms with E-state index in [4.69, 9.17) is 33.2 Å². The second-order valence-corrected chi connectivity index (χ2v) is 16.7. The minimum absolute atomic E-state index is 1.70. The number of hydrogen-bond donors (Lipinski definition) is 0. The van der Waals surface area contributed by atoms with Crippen molar-refractivity contribution >= 4 is 50.0 Å². The van der Waals surface area contributed by atoms with Gasteiger partial charge in [0, 0.05) is 6.42 Å². The second kappa shape index (κ2) is 8.18. The summed E-state index contributed by atoms with van der Waals surface area (Å²) in [5.74, 6) is -39.7. The Morgan fingerprint density at radius 1 is 0.548 bits per heavy atom. The average molecular weight is 602 g/mol. The van der Waals surface area contributed by atoms with Gasteiger partial charge in [-0.05, 0) is 6.04 Å². The summed E-state index contributed by atoms with van der Waals surface area (Å²) in [4.78, 5) is 0. The van der Waals surface area contributed by atoms with Crippen LogP contribution in [0.2, 0.25) is 6.04 Å². The van der Waals surface area contributed by atoms with Gasteiger partial charge in [0.25, 0.3) is 0 Å². The molecule has 190 valence electrons. The summed E-state index contributed by atoms with van der Waals surface area (Å²) in [6.45, 7) is 0. The molecule has 0 nitrogen and oxygen atoms in total. The van der Waals surface area contributed by atoms with Crippen LogP contribution < -0.4 is 0 Å². The first kappa shape index (κ1) is 31.2. The topological polar surface area (TPSA) is 0 Å². The van der Waals surface area contributed by atoms with Crippen LogP contribution in [-0.2, 0) is 0 Å². The van der Waals surface area contributed by atoms with Crippen molar-refractivity contribution in [3.05, 3.63) is 0 Å². The van der Waals surface area contributed by atoms with Crippen LogP contribution in [0.1, 0.15) is 6.42 Å². The van der Waals surface area contributed by atoms with Crippen LogP contribution in [-0.4, -0.2) is 46.4 Å². The molecule has 0 aromatic rings. The van der Waals surface area contributed by atoms with E-state index in [1.54, 1.807) is 0 Å². The summed E-state index contributed by atoms with van der Waals surface area (Å²) in [5, 5.41) is -8.43. The Hall–Kier alpha value is 0.247. The van der Waals surface area contributed by atoms with Crippen LogP contribution in [0, 0.1) is 0 Å². The highest BCUT2D eigenvalue weighted by Gasteiger charge is 2.94. The lowest BCUT2D eigenvalue weighted by Crippen LogP contribution is -2.71. The molecule has 0 aromatic heterocycles. The molecule has 0 amide bonds. The zero-order valence-electron chi connectivity index (χ0n) is 13.4. The molecule has 31 heavy (non-hydrogen) atoms. The van der Waals surface area contributed by atoms with Crippen LogP contribution in [0.5, 0.6) is 0 Å². The molecule has 0 rings (SSSR count). The molecule has 0 saturated carbocycles. The zero-order valence-corrected chi connectivity index (χ0v) is 17.5. The van der Waals surface area contributed by atoms with Crippen molar-refractivity contribution in [3.63, 3.8) is 0 Å². The summed E-state index contributed by atoms with van der Waals surface area (Å²) >= 11 is 14.9. The van der Waals surface area contributed by atoms with Gasteiger partial charge in [-0.3, -0.25) is 0 Å². The SMILES string of the molecule is FC(F)(CC[Si](Cl)(Cl)Cl)C(F)(F)C(F)(F)C(F)(F)C(F)(F)C(F)(F)S(F)(F)C(F)(F)F. The van der Waals surface area contributed by atoms with E-state index in [9.17, 15) is 73.6 Å². The number of halogens is 20. The molecule has 0 aliphatic rings. The molecular formula is C9H4Cl3F17SSi. The summed E-state index contributed by atoms with van der Waals surface area (Å²) in [7, 11) is -9.26. The predicted molar refractivity (Wildman–Crippen MR) is 78.3 cm³/mol. The lowest BCUT2D eigenvalue weighted by molar-refractivity contribution is -0.417. The van der Waals surface area contributed by atoms with Crippen molar-refractivity contribution in [3.8, 4) is 0 Å². The Balaban J connectivity index is 6.56. The molecule has 0 aliphatic carbocycles. The Bertz CT molecular complexity index is 654. The fraction of sp³-hybridized carbons (Fsp3) is 1.00. The monoisotopic (exact) mass is 600 g/mol. The third-order valence-electron chi connectivity index (χ3n) is 3.34. The van der Waals surface area contributed by atoms with Gasteiger partial charge in [-0.15, -0.1) is 41.0 Å². The zero-order chi connectivity index (χ0) is 25.9. The normalized spacial score (nSPS) is 17.2. The summed E-state index contributed by atoms with van der Waals surface area (Å²) in [6.07, 6.45) is -2.72. The van der Waals surface area contributed by atoms with E-state index < -0.39 is 69.6 Å². The van der Waals surface area contributed by atoms with Gasteiger partial charge in [0.05, 0.1) is 0 Å². The molecule has 0 atom stereocenters. The smallest absolute Gasteiger partial charge is 0.200 e. The summed E-state index contributed by atoms with van der Waals surface area (Å²) in [5.41, 5.74) is -7.70. The number of rotatable bonds is 9. The van der Waals surface area contributed by atoms with Crippen LogP contribution in [0.25, 0.3) is 0 Å². The highest BCUT2D eigenvalue weighted by atomic mass is 35.8. The van der Waals surface area contributed by atoms with Crippen LogP contribution in [0.4, 0.5) is 73.6 Å². The molecule has 0 fully saturated rings. The maximum Gasteiger partial charge on any atom is 0.484 e. The van der Waals surface area contributed by atoms with E-state index in [1.165, 1.54) is 0 Å². The summed E-state index contributed by atoms with van der Waals surface area (Å²) in [6, 6.07) is -6.08. The maximum absolute atomic E-state index is 13.4. The fourth-order valence-corrected chi connectivity index (χ4v) is 3.76. The Morgan fingerprint density at radius 2 is 0.871 bits per heavy atom. The van der Waals surface area contributed by atoms with E-state index in [-0.39, 0.29) is 0 Å². The van der Waals surface area contributed by atoms with Gasteiger partial charge < -0.3 is 0 Å². The molecular weight excluding hydrogens is 598 g/mol. The van der Waals surface area contributed by atoms with Crippen molar-refractivity contribution in [2.45, 2.75) is 52.8 Å². The molecule has 0 saturated heterocycles. The Labute approximate surface area is 177 Å². The van der Waals surface area contributed by atoms with Crippen molar-refractivity contribution in [2.24, 2.45) is 0 Å². The molecule has 0 unspecified atom stereocenters. The lowest BCUT2D eigenvalue weighted by atomic mass is 9.93. The maximum atomic E-state index is 13.4. The van der Waals surface area contributed by atoms with Gasteiger partial charge in [-0.1, -0.05) is 0 Å².